The maximum absolute atomic E-state index is 12.4. The van der Waals surface area contributed by atoms with Gasteiger partial charge in [-0.2, -0.15) is 13.9 Å². The van der Waals surface area contributed by atoms with E-state index in [1.165, 1.54) is 12.4 Å². The van der Waals surface area contributed by atoms with E-state index in [1.54, 1.807) is 0 Å². The zero-order chi connectivity index (χ0) is 12.3. The lowest BCUT2D eigenvalue weighted by molar-refractivity contribution is 0.0566. The van der Waals surface area contributed by atoms with Crippen LogP contribution in [0, 0.1) is 0 Å². The molecule has 1 heterocycles. The van der Waals surface area contributed by atoms with Crippen LogP contribution in [0.4, 0.5) is 8.78 Å². The molecule has 0 bridgehead atoms. The maximum Gasteiger partial charge on any atom is 0.333 e. The predicted octanol–water partition coefficient (Wildman–Crippen LogP) is 2.87. The van der Waals surface area contributed by atoms with Gasteiger partial charge in [0.2, 0.25) is 0 Å². The van der Waals surface area contributed by atoms with Crippen molar-refractivity contribution in [1.29, 1.82) is 0 Å². The Morgan fingerprint density at radius 2 is 2.06 bits per heavy atom. The number of hydrogen-bond acceptors (Lipinski definition) is 2. The van der Waals surface area contributed by atoms with Crippen LogP contribution in [0.2, 0.25) is 0 Å². The fourth-order valence-corrected chi connectivity index (χ4v) is 1.67. The molecule has 2 aromatic rings. The van der Waals surface area contributed by atoms with Crippen LogP contribution in [-0.4, -0.2) is 16.3 Å². The van der Waals surface area contributed by atoms with E-state index in [2.05, 4.69) is 5.10 Å². The largest absolute Gasteiger partial charge is 0.333 e. The second-order valence-corrected chi connectivity index (χ2v) is 3.73. The zero-order valence-corrected chi connectivity index (χ0v) is 10.4. The molecule has 0 aliphatic carbocycles. The summed E-state index contributed by atoms with van der Waals surface area (Å²) in [5.74, 6) is 0. The number of aromatic nitrogens is 2. The molecule has 98 valence electrons. The van der Waals surface area contributed by atoms with Crippen molar-refractivity contribution < 1.29 is 8.78 Å². The minimum atomic E-state index is -2.60. The summed E-state index contributed by atoms with van der Waals surface area (Å²) >= 11 is 0. The Morgan fingerprint density at radius 1 is 1.28 bits per heavy atom. The van der Waals surface area contributed by atoms with E-state index in [0.717, 1.165) is 17.5 Å². The number of benzene rings is 1. The molecule has 0 saturated carbocycles. The summed E-state index contributed by atoms with van der Waals surface area (Å²) in [6, 6.07) is 7.67. The van der Waals surface area contributed by atoms with Gasteiger partial charge in [0.25, 0.3) is 0 Å². The van der Waals surface area contributed by atoms with Gasteiger partial charge in [-0.15, -0.1) is 12.4 Å². The summed E-state index contributed by atoms with van der Waals surface area (Å²) in [6.07, 6.45) is 3.55. The Hall–Kier alpha value is -1.46. The molecule has 0 aliphatic heterocycles. The van der Waals surface area contributed by atoms with Crippen molar-refractivity contribution in [2.24, 2.45) is 5.73 Å². The van der Waals surface area contributed by atoms with Gasteiger partial charge in [-0.3, -0.25) is 0 Å². The lowest BCUT2D eigenvalue weighted by Crippen LogP contribution is -2.02. The topological polar surface area (TPSA) is 43.8 Å². The minimum absolute atomic E-state index is 0. The first-order valence-electron chi connectivity index (χ1n) is 5.32. The number of nitrogens with zero attached hydrogens (tertiary/aromatic N) is 2. The average Bonchev–Trinajstić information content (AvgIpc) is 2.79. The molecular formula is C12H14ClF2N3. The van der Waals surface area contributed by atoms with Crippen LogP contribution in [-0.2, 0) is 6.42 Å². The molecule has 0 radical (unpaired) electrons. The van der Waals surface area contributed by atoms with Crippen LogP contribution in [0.15, 0.2) is 36.7 Å². The minimum Gasteiger partial charge on any atom is -0.330 e. The molecule has 1 aromatic heterocycles. The summed E-state index contributed by atoms with van der Waals surface area (Å²) in [4.78, 5) is 0. The highest BCUT2D eigenvalue weighted by atomic mass is 35.5. The van der Waals surface area contributed by atoms with Crippen molar-refractivity contribution in [2.45, 2.75) is 13.0 Å². The molecular weight excluding hydrogens is 260 g/mol. The highest BCUT2D eigenvalue weighted by Gasteiger charge is 2.08. The van der Waals surface area contributed by atoms with Gasteiger partial charge in [0.15, 0.2) is 0 Å². The fourth-order valence-electron chi connectivity index (χ4n) is 1.67. The van der Waals surface area contributed by atoms with Gasteiger partial charge in [-0.1, -0.05) is 24.3 Å². The summed E-state index contributed by atoms with van der Waals surface area (Å²) in [7, 11) is 0. The Labute approximate surface area is 110 Å². The quantitative estimate of drug-likeness (QED) is 0.931. The van der Waals surface area contributed by atoms with E-state index in [4.69, 9.17) is 5.73 Å². The van der Waals surface area contributed by atoms with Gasteiger partial charge in [0.1, 0.15) is 0 Å². The number of rotatable bonds is 4. The van der Waals surface area contributed by atoms with Gasteiger partial charge in [0, 0.05) is 11.8 Å². The van der Waals surface area contributed by atoms with E-state index in [9.17, 15) is 8.78 Å². The van der Waals surface area contributed by atoms with E-state index in [-0.39, 0.29) is 12.4 Å². The standard InChI is InChI=1S/C12H13F2N3.ClH/c13-12(14)17-8-11(7-16-17)10-3-1-2-9(6-10)4-5-15;/h1-3,6-8,12H,4-5,15H2;1H. The van der Waals surface area contributed by atoms with Crippen molar-refractivity contribution in [3.8, 4) is 11.1 Å². The van der Waals surface area contributed by atoms with E-state index in [0.29, 0.717) is 16.8 Å². The van der Waals surface area contributed by atoms with Crippen LogP contribution >= 0.6 is 12.4 Å². The van der Waals surface area contributed by atoms with Gasteiger partial charge in [-0.25, -0.2) is 4.68 Å². The summed E-state index contributed by atoms with van der Waals surface area (Å²) in [5, 5.41) is 3.61. The number of hydrogen-bond donors (Lipinski definition) is 1. The van der Waals surface area contributed by atoms with Crippen molar-refractivity contribution in [1.82, 2.24) is 9.78 Å². The lowest BCUT2D eigenvalue weighted by atomic mass is 10.0. The van der Waals surface area contributed by atoms with E-state index >= 15 is 0 Å². The third kappa shape index (κ3) is 3.27. The third-order valence-corrected chi connectivity index (χ3v) is 2.49. The summed E-state index contributed by atoms with van der Waals surface area (Å²) in [5.41, 5.74) is 8.13. The normalized spacial score (nSPS) is 10.4. The van der Waals surface area contributed by atoms with Crippen molar-refractivity contribution in [3.63, 3.8) is 0 Å². The SMILES string of the molecule is Cl.NCCc1cccc(-c2cnn(C(F)F)c2)c1. The molecule has 1 aromatic carbocycles. The molecule has 0 amide bonds. The molecule has 0 atom stereocenters. The number of alkyl halides is 2. The second-order valence-electron chi connectivity index (χ2n) is 3.73. The number of halogens is 3. The molecule has 0 aliphatic rings. The van der Waals surface area contributed by atoms with Crippen LogP contribution in [0.5, 0.6) is 0 Å². The lowest BCUT2D eigenvalue weighted by Gasteiger charge is -2.02. The smallest absolute Gasteiger partial charge is 0.330 e. The van der Waals surface area contributed by atoms with Crippen molar-refractivity contribution >= 4 is 12.4 Å². The zero-order valence-electron chi connectivity index (χ0n) is 9.59. The molecule has 0 saturated heterocycles. The number of nitrogens with two attached hydrogens (primary N) is 1. The second kappa shape index (κ2) is 6.47. The van der Waals surface area contributed by atoms with Gasteiger partial charge in [0.05, 0.1) is 6.20 Å². The van der Waals surface area contributed by atoms with Crippen LogP contribution < -0.4 is 5.73 Å². The predicted molar refractivity (Wildman–Crippen MR) is 68.9 cm³/mol. The molecule has 0 spiro atoms. The van der Waals surface area contributed by atoms with Crippen molar-refractivity contribution in [3.05, 3.63) is 42.2 Å². The molecule has 2 rings (SSSR count). The highest BCUT2D eigenvalue weighted by molar-refractivity contribution is 5.85. The van der Waals surface area contributed by atoms with Crippen LogP contribution in [0.25, 0.3) is 11.1 Å². The average molecular weight is 274 g/mol. The first kappa shape index (κ1) is 14.6. The van der Waals surface area contributed by atoms with Crippen molar-refractivity contribution in [2.75, 3.05) is 6.54 Å². The summed E-state index contributed by atoms with van der Waals surface area (Å²) in [6.45, 7) is -2.03. The Morgan fingerprint density at radius 3 is 2.67 bits per heavy atom. The summed E-state index contributed by atoms with van der Waals surface area (Å²) < 4.78 is 25.4. The van der Waals surface area contributed by atoms with E-state index in [1.807, 2.05) is 24.3 Å². The first-order chi connectivity index (χ1) is 8.20. The highest BCUT2D eigenvalue weighted by Crippen LogP contribution is 2.21. The molecule has 0 unspecified atom stereocenters. The fraction of sp³-hybridized carbons (Fsp3) is 0.250. The van der Waals surface area contributed by atoms with Crippen LogP contribution in [0.1, 0.15) is 12.1 Å². The molecule has 18 heavy (non-hydrogen) atoms. The third-order valence-electron chi connectivity index (χ3n) is 2.49. The van der Waals surface area contributed by atoms with Gasteiger partial charge in [-0.05, 0) is 24.1 Å². The molecule has 2 N–H and O–H groups in total. The van der Waals surface area contributed by atoms with Crippen LogP contribution in [0.3, 0.4) is 0 Å². The first-order valence-corrected chi connectivity index (χ1v) is 5.32. The molecule has 0 fully saturated rings. The molecule has 3 nitrogen and oxygen atoms in total. The van der Waals surface area contributed by atoms with Gasteiger partial charge >= 0.3 is 6.55 Å². The van der Waals surface area contributed by atoms with E-state index < -0.39 is 6.55 Å². The Balaban J connectivity index is 0.00000162. The maximum atomic E-state index is 12.4. The van der Waals surface area contributed by atoms with Gasteiger partial charge < -0.3 is 5.73 Å². The Bertz CT molecular complexity index is 500. The Kier molecular flexibility index (Phi) is 5.25. The molecule has 6 heteroatoms. The monoisotopic (exact) mass is 273 g/mol.